The average Bonchev–Trinajstić information content (AvgIpc) is 2.62. The van der Waals surface area contributed by atoms with E-state index in [2.05, 4.69) is 30.0 Å². The van der Waals surface area contributed by atoms with Gasteiger partial charge >= 0.3 is 0 Å². The van der Waals surface area contributed by atoms with Crippen LogP contribution >= 0.6 is 0 Å². The molecule has 24 heavy (non-hydrogen) atoms. The summed E-state index contributed by atoms with van der Waals surface area (Å²) in [5.41, 5.74) is 7.72. The third-order valence-corrected chi connectivity index (χ3v) is 5.22. The van der Waals surface area contributed by atoms with Crippen molar-refractivity contribution in [2.45, 2.75) is 31.5 Å². The van der Waals surface area contributed by atoms with Crippen molar-refractivity contribution in [3.63, 3.8) is 0 Å². The van der Waals surface area contributed by atoms with Crippen LogP contribution in [0.3, 0.4) is 0 Å². The van der Waals surface area contributed by atoms with Crippen molar-refractivity contribution in [1.29, 1.82) is 5.26 Å². The summed E-state index contributed by atoms with van der Waals surface area (Å²) in [6.07, 6.45) is 1.85. The molecule has 3 atom stereocenters. The minimum Gasteiger partial charge on any atom is -0.446 e. The number of hydrogen-bond donors (Lipinski definition) is 1. The first-order valence-corrected chi connectivity index (χ1v) is 8.56. The van der Waals surface area contributed by atoms with Crippen LogP contribution in [0.15, 0.2) is 41.8 Å². The lowest BCUT2D eigenvalue weighted by Gasteiger charge is -2.51. The molecule has 0 aliphatic carbocycles. The third-order valence-electron chi connectivity index (χ3n) is 5.22. The van der Waals surface area contributed by atoms with Crippen LogP contribution in [0.5, 0.6) is 0 Å². The number of rotatable bonds is 4. The Bertz CT molecular complexity index is 652. The molecule has 2 aliphatic rings. The topological polar surface area (TPSA) is 71.5 Å². The van der Waals surface area contributed by atoms with Crippen LogP contribution in [0.4, 0.5) is 0 Å². The Hall–Kier alpha value is -2.03. The molecule has 2 heterocycles. The van der Waals surface area contributed by atoms with Gasteiger partial charge in [0.25, 0.3) is 0 Å². The van der Waals surface area contributed by atoms with E-state index in [9.17, 15) is 5.26 Å². The molecule has 0 spiro atoms. The lowest BCUT2D eigenvalue weighted by molar-refractivity contribution is -0.266. The Morgan fingerprint density at radius 3 is 2.79 bits per heavy atom. The van der Waals surface area contributed by atoms with Gasteiger partial charge in [-0.2, -0.15) is 5.26 Å². The second-order valence-corrected chi connectivity index (χ2v) is 6.55. The van der Waals surface area contributed by atoms with Gasteiger partial charge in [0.15, 0.2) is 0 Å². The van der Waals surface area contributed by atoms with Gasteiger partial charge in [0.2, 0.25) is 11.7 Å². The van der Waals surface area contributed by atoms with Crippen molar-refractivity contribution in [1.82, 2.24) is 4.90 Å². The molecule has 0 bridgehead atoms. The van der Waals surface area contributed by atoms with Crippen LogP contribution in [0.2, 0.25) is 0 Å². The summed E-state index contributed by atoms with van der Waals surface area (Å²) < 4.78 is 11.8. The molecule has 0 aromatic heterocycles. The van der Waals surface area contributed by atoms with Crippen LogP contribution in [0.25, 0.3) is 0 Å². The van der Waals surface area contributed by atoms with Crippen molar-refractivity contribution in [2.75, 3.05) is 26.7 Å². The number of nitrogens with zero attached hydrogens (tertiary/aromatic N) is 2. The molecule has 5 nitrogen and oxygen atoms in total. The maximum Gasteiger partial charge on any atom is 0.218 e. The van der Waals surface area contributed by atoms with Gasteiger partial charge in [-0.05, 0) is 18.5 Å². The van der Waals surface area contributed by atoms with E-state index in [4.69, 9.17) is 15.2 Å². The van der Waals surface area contributed by atoms with Gasteiger partial charge in [-0.15, -0.1) is 0 Å². The van der Waals surface area contributed by atoms with Crippen LogP contribution in [0.1, 0.15) is 31.2 Å². The highest BCUT2D eigenvalue weighted by molar-refractivity contribution is 5.41. The van der Waals surface area contributed by atoms with Gasteiger partial charge in [-0.3, -0.25) is 0 Å². The number of hydrogen-bond acceptors (Lipinski definition) is 5. The summed E-state index contributed by atoms with van der Waals surface area (Å²) in [7, 11) is 1.68. The number of nitriles is 1. The molecule has 2 N–H and O–H groups in total. The molecule has 1 saturated heterocycles. The molecule has 0 saturated carbocycles. The number of ether oxygens (including phenoxy) is 2. The Morgan fingerprint density at radius 1 is 1.42 bits per heavy atom. The fourth-order valence-corrected chi connectivity index (χ4v) is 4.09. The Morgan fingerprint density at radius 2 is 2.17 bits per heavy atom. The Labute approximate surface area is 143 Å². The number of allylic oxidation sites excluding steroid dienone is 1. The quantitative estimate of drug-likeness (QED) is 0.920. The maximum absolute atomic E-state index is 9.69. The number of fused-ring (bicyclic) bond motifs is 1. The largest absolute Gasteiger partial charge is 0.446 e. The van der Waals surface area contributed by atoms with Gasteiger partial charge < -0.3 is 20.1 Å². The van der Waals surface area contributed by atoms with Gasteiger partial charge in [0, 0.05) is 38.5 Å². The van der Waals surface area contributed by atoms with Crippen LogP contribution in [0, 0.1) is 17.2 Å². The predicted octanol–water partition coefficient (Wildman–Crippen LogP) is 2.57. The molecule has 3 rings (SSSR count). The van der Waals surface area contributed by atoms with Crippen molar-refractivity contribution >= 4 is 0 Å². The summed E-state index contributed by atoms with van der Waals surface area (Å²) in [5.74, 6) is -0.625. The molecule has 1 aromatic carbocycles. The molecule has 5 heteroatoms. The summed E-state index contributed by atoms with van der Waals surface area (Å²) in [6.45, 7) is 4.97. The fraction of sp³-hybridized carbons (Fsp3) is 0.526. The molecule has 1 aromatic rings. The Kier molecular flexibility index (Phi) is 4.79. The lowest BCUT2D eigenvalue weighted by atomic mass is 9.72. The van der Waals surface area contributed by atoms with E-state index in [0.29, 0.717) is 5.57 Å². The fourth-order valence-electron chi connectivity index (χ4n) is 4.09. The number of methoxy groups -OCH3 is 1. The van der Waals surface area contributed by atoms with Gasteiger partial charge in [0.05, 0.1) is 5.57 Å². The number of likely N-dealkylation sites (tertiary alicyclic amines) is 1. The normalized spacial score (nSPS) is 30.4. The van der Waals surface area contributed by atoms with Crippen LogP contribution in [-0.2, 0) is 9.47 Å². The first-order chi connectivity index (χ1) is 11.6. The van der Waals surface area contributed by atoms with Crippen LogP contribution in [-0.4, -0.2) is 37.4 Å². The van der Waals surface area contributed by atoms with Crippen LogP contribution < -0.4 is 5.73 Å². The summed E-state index contributed by atoms with van der Waals surface area (Å²) in [6, 6.07) is 12.4. The highest BCUT2D eigenvalue weighted by Gasteiger charge is 2.54. The minimum atomic E-state index is -0.755. The molecule has 0 radical (unpaired) electrons. The highest BCUT2D eigenvalue weighted by atomic mass is 16.7. The zero-order valence-corrected chi connectivity index (χ0v) is 14.4. The zero-order chi connectivity index (χ0) is 17.2. The first-order valence-electron chi connectivity index (χ1n) is 8.56. The minimum absolute atomic E-state index is 0.0344. The highest BCUT2D eigenvalue weighted by Crippen LogP contribution is 2.49. The van der Waals surface area contributed by atoms with Gasteiger partial charge in [0.1, 0.15) is 6.07 Å². The first kappa shape index (κ1) is 16.8. The Balaban J connectivity index is 2.07. The molecular formula is C19H25N3O2. The van der Waals surface area contributed by atoms with E-state index in [1.807, 2.05) is 18.2 Å². The van der Waals surface area contributed by atoms with E-state index in [-0.39, 0.29) is 17.7 Å². The van der Waals surface area contributed by atoms with Crippen molar-refractivity contribution in [3.05, 3.63) is 47.4 Å². The second-order valence-electron chi connectivity index (χ2n) is 6.55. The molecule has 128 valence electrons. The summed E-state index contributed by atoms with van der Waals surface area (Å²) >= 11 is 0. The van der Waals surface area contributed by atoms with Gasteiger partial charge in [-0.1, -0.05) is 37.3 Å². The summed E-state index contributed by atoms with van der Waals surface area (Å²) in [4.78, 5) is 2.43. The third kappa shape index (κ3) is 2.77. The predicted molar refractivity (Wildman–Crippen MR) is 91.7 cm³/mol. The number of piperidine rings is 1. The van der Waals surface area contributed by atoms with E-state index < -0.39 is 5.79 Å². The average molecular weight is 327 g/mol. The second kappa shape index (κ2) is 6.84. The molecule has 1 fully saturated rings. The monoisotopic (exact) mass is 327 g/mol. The molecule has 0 unspecified atom stereocenters. The molecular weight excluding hydrogens is 302 g/mol. The number of benzene rings is 1. The van der Waals surface area contributed by atoms with Gasteiger partial charge in [-0.25, -0.2) is 0 Å². The maximum atomic E-state index is 9.69. The molecule has 2 aliphatic heterocycles. The van der Waals surface area contributed by atoms with E-state index in [0.717, 1.165) is 38.0 Å². The van der Waals surface area contributed by atoms with Crippen molar-refractivity contribution < 1.29 is 9.47 Å². The molecule has 0 amide bonds. The van der Waals surface area contributed by atoms with E-state index in [1.165, 1.54) is 0 Å². The number of nitrogens with two attached hydrogens (primary N) is 1. The van der Waals surface area contributed by atoms with E-state index >= 15 is 0 Å². The zero-order valence-electron chi connectivity index (χ0n) is 14.4. The summed E-state index contributed by atoms with van der Waals surface area (Å²) in [5, 5.41) is 9.69. The SMILES string of the molecule is CCCN1CC[C@@]2(OC)OC(N)=C(C#N)[C@@H](c3ccccc3)[C@@H]2C1. The standard InChI is InChI=1S/C19H25N3O2/c1-3-10-22-11-9-19(23-2)16(13-22)17(14-7-5-4-6-8-14)15(12-20)18(21)24-19/h4-8,16-17H,3,9-11,13,21H2,1-2H3/t16-,17+,19+/m0/s1. The lowest BCUT2D eigenvalue weighted by Crippen LogP contribution is -2.59. The van der Waals surface area contributed by atoms with Crippen molar-refractivity contribution in [3.8, 4) is 6.07 Å². The van der Waals surface area contributed by atoms with E-state index in [1.54, 1.807) is 7.11 Å². The smallest absolute Gasteiger partial charge is 0.218 e. The van der Waals surface area contributed by atoms with Crippen molar-refractivity contribution in [2.24, 2.45) is 11.7 Å².